The summed E-state index contributed by atoms with van der Waals surface area (Å²) in [6, 6.07) is 8.00. The summed E-state index contributed by atoms with van der Waals surface area (Å²) < 4.78 is 5.06. The monoisotopic (exact) mass is 342 g/mol. The fourth-order valence-corrected chi connectivity index (χ4v) is 3.32. The second kappa shape index (κ2) is 6.38. The van der Waals surface area contributed by atoms with Gasteiger partial charge < -0.3 is 14.9 Å². The van der Waals surface area contributed by atoms with Crippen molar-refractivity contribution >= 4 is 17.5 Å². The number of carbonyl (C=O) groups is 3. The molecular weight excluding hydrogens is 324 g/mol. The summed E-state index contributed by atoms with van der Waals surface area (Å²) in [6.45, 7) is 0. The maximum Gasteiger partial charge on any atom is 0.351 e. The SMILES string of the molecule is O=C1C=CC(=O)C(OC(=O)C(O)(c2ccccc2)C2(O)CCCC2)=C1. The van der Waals surface area contributed by atoms with E-state index in [1.807, 2.05) is 0 Å². The third-order valence-corrected chi connectivity index (χ3v) is 4.71. The van der Waals surface area contributed by atoms with E-state index in [0.717, 1.165) is 18.2 Å². The van der Waals surface area contributed by atoms with E-state index in [-0.39, 0.29) is 18.4 Å². The maximum absolute atomic E-state index is 12.8. The first-order chi connectivity index (χ1) is 11.9. The zero-order valence-corrected chi connectivity index (χ0v) is 13.5. The van der Waals surface area contributed by atoms with Crippen LogP contribution in [-0.2, 0) is 24.7 Å². The lowest BCUT2D eigenvalue weighted by Gasteiger charge is -2.39. The lowest BCUT2D eigenvalue weighted by molar-refractivity contribution is -0.197. The predicted molar refractivity (Wildman–Crippen MR) is 87.1 cm³/mol. The molecule has 0 aromatic heterocycles. The van der Waals surface area contributed by atoms with Gasteiger partial charge in [0.1, 0.15) is 5.60 Å². The molecule has 1 aromatic carbocycles. The van der Waals surface area contributed by atoms with Crippen LogP contribution in [0.25, 0.3) is 0 Å². The minimum atomic E-state index is -2.34. The Bertz CT molecular complexity index is 770. The molecule has 130 valence electrons. The number of allylic oxidation sites excluding steroid dienone is 3. The van der Waals surface area contributed by atoms with E-state index in [1.165, 1.54) is 12.1 Å². The van der Waals surface area contributed by atoms with E-state index in [2.05, 4.69) is 0 Å². The van der Waals surface area contributed by atoms with Gasteiger partial charge in [0.05, 0.1) is 0 Å². The minimum Gasteiger partial charge on any atom is -0.420 e. The molecule has 1 aromatic rings. The predicted octanol–water partition coefficient (Wildman–Crippen LogP) is 1.31. The van der Waals surface area contributed by atoms with Crippen molar-refractivity contribution in [3.05, 3.63) is 59.9 Å². The van der Waals surface area contributed by atoms with Crippen molar-refractivity contribution in [2.75, 3.05) is 0 Å². The fraction of sp³-hybridized carbons (Fsp3) is 0.316. The van der Waals surface area contributed by atoms with Gasteiger partial charge in [-0.3, -0.25) is 9.59 Å². The van der Waals surface area contributed by atoms with Crippen LogP contribution in [0.15, 0.2) is 54.3 Å². The molecule has 0 bridgehead atoms. The Kier molecular flexibility index (Phi) is 4.41. The molecule has 3 rings (SSSR count). The van der Waals surface area contributed by atoms with Gasteiger partial charge in [-0.25, -0.2) is 4.79 Å². The molecule has 0 spiro atoms. The maximum atomic E-state index is 12.8. The molecule has 1 unspecified atom stereocenters. The smallest absolute Gasteiger partial charge is 0.351 e. The van der Waals surface area contributed by atoms with E-state index in [9.17, 15) is 24.6 Å². The van der Waals surface area contributed by atoms with E-state index in [1.54, 1.807) is 18.2 Å². The van der Waals surface area contributed by atoms with Gasteiger partial charge in [0.25, 0.3) is 0 Å². The molecule has 1 atom stereocenters. The highest BCUT2D eigenvalue weighted by molar-refractivity contribution is 6.17. The summed E-state index contributed by atoms with van der Waals surface area (Å²) >= 11 is 0. The summed E-state index contributed by atoms with van der Waals surface area (Å²) in [6.07, 6.45) is 4.71. The van der Waals surface area contributed by atoms with Crippen LogP contribution < -0.4 is 0 Å². The summed E-state index contributed by atoms with van der Waals surface area (Å²) in [5.74, 6) is -2.79. The zero-order chi connectivity index (χ0) is 18.1. The molecule has 0 aliphatic heterocycles. The van der Waals surface area contributed by atoms with Crippen LogP contribution in [0, 0.1) is 0 Å². The van der Waals surface area contributed by atoms with E-state index in [0.29, 0.717) is 12.8 Å². The van der Waals surface area contributed by atoms with Crippen molar-refractivity contribution in [3.63, 3.8) is 0 Å². The average molecular weight is 342 g/mol. The second-order valence-electron chi connectivity index (χ2n) is 6.31. The number of benzene rings is 1. The second-order valence-corrected chi connectivity index (χ2v) is 6.31. The van der Waals surface area contributed by atoms with Crippen LogP contribution in [0.3, 0.4) is 0 Å². The van der Waals surface area contributed by atoms with Crippen molar-refractivity contribution in [1.82, 2.24) is 0 Å². The summed E-state index contributed by atoms with van der Waals surface area (Å²) in [5, 5.41) is 22.2. The van der Waals surface area contributed by atoms with Gasteiger partial charge in [0.2, 0.25) is 11.4 Å². The molecule has 1 fully saturated rings. The Labute approximate surface area is 144 Å². The van der Waals surface area contributed by atoms with Crippen LogP contribution in [0.5, 0.6) is 0 Å². The molecule has 6 heteroatoms. The van der Waals surface area contributed by atoms with Crippen LogP contribution in [-0.4, -0.2) is 33.3 Å². The summed E-state index contributed by atoms with van der Waals surface area (Å²) in [5.41, 5.74) is -3.87. The number of esters is 1. The van der Waals surface area contributed by atoms with Crippen LogP contribution in [0.1, 0.15) is 31.2 Å². The first-order valence-corrected chi connectivity index (χ1v) is 8.07. The molecule has 1 saturated carbocycles. The lowest BCUT2D eigenvalue weighted by Crippen LogP contribution is -2.56. The summed E-state index contributed by atoms with van der Waals surface area (Å²) in [4.78, 5) is 36.0. The first-order valence-electron chi connectivity index (χ1n) is 8.07. The lowest BCUT2D eigenvalue weighted by atomic mass is 9.76. The molecule has 0 heterocycles. The number of rotatable bonds is 4. The van der Waals surface area contributed by atoms with E-state index < -0.39 is 34.5 Å². The Hall–Kier alpha value is -2.57. The van der Waals surface area contributed by atoms with Crippen molar-refractivity contribution in [2.24, 2.45) is 0 Å². The van der Waals surface area contributed by atoms with Gasteiger partial charge in [0.15, 0.2) is 11.5 Å². The van der Waals surface area contributed by atoms with Gasteiger partial charge >= 0.3 is 5.97 Å². The highest BCUT2D eigenvalue weighted by Crippen LogP contribution is 2.45. The summed E-state index contributed by atoms with van der Waals surface area (Å²) in [7, 11) is 0. The number of ketones is 2. The number of aliphatic hydroxyl groups is 2. The van der Waals surface area contributed by atoms with Crippen molar-refractivity contribution in [2.45, 2.75) is 36.9 Å². The van der Waals surface area contributed by atoms with Crippen molar-refractivity contribution in [3.8, 4) is 0 Å². The standard InChI is InChI=1S/C19H18O6/c20-14-8-9-15(21)16(12-14)25-17(22)19(24,13-6-2-1-3-7-13)18(23)10-4-5-11-18/h1-3,6-9,12,23-24H,4-5,10-11H2. The van der Waals surface area contributed by atoms with Crippen molar-refractivity contribution < 1.29 is 29.3 Å². The molecule has 25 heavy (non-hydrogen) atoms. The average Bonchev–Trinajstić information content (AvgIpc) is 3.06. The molecule has 6 nitrogen and oxygen atoms in total. The normalized spacial score (nSPS) is 21.6. The molecule has 0 amide bonds. The largest absolute Gasteiger partial charge is 0.420 e. The Morgan fingerprint density at radius 3 is 2.36 bits per heavy atom. The fourth-order valence-electron chi connectivity index (χ4n) is 3.32. The van der Waals surface area contributed by atoms with Crippen LogP contribution in [0.2, 0.25) is 0 Å². The number of ether oxygens (including phenoxy) is 1. The highest BCUT2D eigenvalue weighted by atomic mass is 16.6. The molecule has 0 radical (unpaired) electrons. The highest BCUT2D eigenvalue weighted by Gasteiger charge is 2.58. The van der Waals surface area contributed by atoms with Crippen LogP contribution in [0.4, 0.5) is 0 Å². The minimum absolute atomic E-state index is 0.176. The number of hydrogen-bond donors (Lipinski definition) is 2. The Morgan fingerprint density at radius 1 is 1.08 bits per heavy atom. The quantitative estimate of drug-likeness (QED) is 0.632. The Balaban J connectivity index is 1.99. The van der Waals surface area contributed by atoms with E-state index >= 15 is 0 Å². The molecule has 0 saturated heterocycles. The molecular formula is C19H18O6. The number of hydrogen-bond acceptors (Lipinski definition) is 6. The Morgan fingerprint density at radius 2 is 1.72 bits per heavy atom. The van der Waals surface area contributed by atoms with Gasteiger partial charge in [-0.1, -0.05) is 43.2 Å². The number of carbonyl (C=O) groups excluding carboxylic acids is 3. The third-order valence-electron chi connectivity index (χ3n) is 4.71. The van der Waals surface area contributed by atoms with Crippen molar-refractivity contribution in [1.29, 1.82) is 0 Å². The topological polar surface area (TPSA) is 101 Å². The third kappa shape index (κ3) is 2.94. The first kappa shape index (κ1) is 17.3. The van der Waals surface area contributed by atoms with Gasteiger partial charge in [-0.2, -0.15) is 0 Å². The molecule has 2 aliphatic carbocycles. The van der Waals surface area contributed by atoms with Gasteiger partial charge in [-0.05, 0) is 30.6 Å². The van der Waals surface area contributed by atoms with E-state index in [4.69, 9.17) is 4.74 Å². The molecule has 2 N–H and O–H groups in total. The van der Waals surface area contributed by atoms with Gasteiger partial charge in [-0.15, -0.1) is 0 Å². The van der Waals surface area contributed by atoms with Gasteiger partial charge in [0, 0.05) is 6.08 Å². The van der Waals surface area contributed by atoms with Crippen LogP contribution >= 0.6 is 0 Å². The molecule has 2 aliphatic rings. The zero-order valence-electron chi connectivity index (χ0n) is 13.5.